The summed E-state index contributed by atoms with van der Waals surface area (Å²) >= 11 is 4.80. The normalized spacial score (nSPS) is 11.0. The molecule has 0 atom stereocenters. The molecule has 0 aliphatic rings. The average Bonchev–Trinajstić information content (AvgIpc) is 1.97. The van der Waals surface area contributed by atoms with Gasteiger partial charge in [-0.05, 0) is 23.7 Å². The second kappa shape index (κ2) is 10.2. The summed E-state index contributed by atoms with van der Waals surface area (Å²) in [5, 5.41) is 0. The van der Waals surface area contributed by atoms with Crippen LogP contribution in [0.3, 0.4) is 0 Å². The lowest BCUT2D eigenvalue weighted by molar-refractivity contribution is 0.739. The third kappa shape index (κ3) is 9.20. The summed E-state index contributed by atoms with van der Waals surface area (Å²) in [6.07, 6.45) is 9.97. The lowest BCUT2D eigenvalue weighted by Gasteiger charge is -1.92. The fraction of sp³-hybridized carbons (Fsp3) is 0.750. The van der Waals surface area contributed by atoms with Crippen LogP contribution in [0.4, 0.5) is 0 Å². The summed E-state index contributed by atoms with van der Waals surface area (Å²) in [6.45, 7) is 0. The molecule has 0 spiro atoms. The standard InChI is InChI=1S/C8H14I2/c9-7-5-3-1-2-4-6-8-10/h3,5H,1-2,4,6-8H2. The van der Waals surface area contributed by atoms with Gasteiger partial charge >= 0.3 is 0 Å². The molecular formula is C8H14I2. The highest BCUT2D eigenvalue weighted by atomic mass is 127. The number of halogens is 2. The van der Waals surface area contributed by atoms with E-state index >= 15 is 0 Å². The fourth-order valence-electron chi connectivity index (χ4n) is 0.714. The minimum Gasteiger partial charge on any atom is -0.0878 e. The van der Waals surface area contributed by atoms with Gasteiger partial charge in [0.05, 0.1) is 0 Å². The molecule has 0 aliphatic carbocycles. The minimum absolute atomic E-state index is 1.16. The van der Waals surface area contributed by atoms with Gasteiger partial charge in [-0.15, -0.1) is 0 Å². The van der Waals surface area contributed by atoms with Crippen molar-refractivity contribution >= 4 is 45.2 Å². The molecule has 0 fully saturated rings. The van der Waals surface area contributed by atoms with Crippen LogP contribution in [0.25, 0.3) is 0 Å². The Kier molecular flexibility index (Phi) is 11.4. The van der Waals surface area contributed by atoms with E-state index in [4.69, 9.17) is 0 Å². The number of allylic oxidation sites excluding steroid dienone is 2. The maximum absolute atomic E-state index is 2.44. The molecule has 0 aromatic rings. The highest BCUT2D eigenvalue weighted by Crippen LogP contribution is 2.02. The second-order valence-electron chi connectivity index (χ2n) is 2.16. The van der Waals surface area contributed by atoms with E-state index in [0.717, 1.165) is 4.43 Å². The molecule has 0 amide bonds. The van der Waals surface area contributed by atoms with Gasteiger partial charge < -0.3 is 0 Å². The van der Waals surface area contributed by atoms with Crippen LogP contribution >= 0.6 is 45.2 Å². The van der Waals surface area contributed by atoms with Crippen LogP contribution in [0.15, 0.2) is 12.2 Å². The van der Waals surface area contributed by atoms with E-state index in [9.17, 15) is 0 Å². The summed E-state index contributed by atoms with van der Waals surface area (Å²) in [5.41, 5.74) is 0. The Morgan fingerprint density at radius 3 is 2.30 bits per heavy atom. The summed E-state index contributed by atoms with van der Waals surface area (Å²) in [4.78, 5) is 0. The molecule has 10 heavy (non-hydrogen) atoms. The van der Waals surface area contributed by atoms with Crippen molar-refractivity contribution < 1.29 is 0 Å². The molecule has 0 aromatic carbocycles. The molecule has 0 saturated heterocycles. The predicted octanol–water partition coefficient (Wildman–Crippen LogP) is 3.97. The van der Waals surface area contributed by atoms with Gasteiger partial charge in [-0.3, -0.25) is 0 Å². The SMILES string of the molecule is ICC=CCCCCCI. The van der Waals surface area contributed by atoms with Crippen LogP contribution < -0.4 is 0 Å². The molecule has 0 nitrogen and oxygen atoms in total. The molecule has 0 unspecified atom stereocenters. The Labute approximate surface area is 91.1 Å². The van der Waals surface area contributed by atoms with Crippen LogP contribution in [0.2, 0.25) is 0 Å². The maximum Gasteiger partial charge on any atom is 0.0175 e. The van der Waals surface area contributed by atoms with Crippen LogP contribution in [0.5, 0.6) is 0 Å². The maximum atomic E-state index is 2.44. The Morgan fingerprint density at radius 2 is 1.70 bits per heavy atom. The van der Waals surface area contributed by atoms with E-state index in [1.165, 1.54) is 30.1 Å². The monoisotopic (exact) mass is 364 g/mol. The zero-order valence-electron chi connectivity index (χ0n) is 6.15. The average molecular weight is 364 g/mol. The van der Waals surface area contributed by atoms with E-state index in [-0.39, 0.29) is 0 Å². The van der Waals surface area contributed by atoms with Gasteiger partial charge in [-0.25, -0.2) is 0 Å². The Morgan fingerprint density at radius 1 is 0.900 bits per heavy atom. The van der Waals surface area contributed by atoms with Crippen LogP contribution in [-0.2, 0) is 0 Å². The Hall–Kier alpha value is 1.20. The highest BCUT2D eigenvalue weighted by molar-refractivity contribution is 14.1. The largest absolute Gasteiger partial charge is 0.0878 e. The molecule has 0 N–H and O–H groups in total. The highest BCUT2D eigenvalue weighted by Gasteiger charge is 1.83. The molecular weight excluding hydrogens is 350 g/mol. The van der Waals surface area contributed by atoms with Crippen molar-refractivity contribution in [2.45, 2.75) is 25.7 Å². The summed E-state index contributed by atoms with van der Waals surface area (Å²) in [5.74, 6) is 0. The van der Waals surface area contributed by atoms with Crippen LogP contribution in [0, 0.1) is 0 Å². The first kappa shape index (κ1) is 11.2. The Balaban J connectivity index is 2.83. The summed E-state index contributed by atoms with van der Waals surface area (Å²) < 4.78 is 2.47. The van der Waals surface area contributed by atoms with E-state index in [0.29, 0.717) is 0 Å². The Bertz CT molecular complexity index is 79.3. The van der Waals surface area contributed by atoms with Crippen molar-refractivity contribution in [2.75, 3.05) is 8.86 Å². The van der Waals surface area contributed by atoms with Crippen LogP contribution in [-0.4, -0.2) is 8.86 Å². The molecule has 60 valence electrons. The molecule has 2 heteroatoms. The molecule has 0 aromatic heterocycles. The lowest BCUT2D eigenvalue weighted by Crippen LogP contribution is -1.75. The van der Waals surface area contributed by atoms with E-state index in [1.807, 2.05) is 0 Å². The molecule has 0 heterocycles. The second-order valence-corrected chi connectivity index (χ2v) is 4.12. The van der Waals surface area contributed by atoms with E-state index in [2.05, 4.69) is 57.3 Å². The topological polar surface area (TPSA) is 0 Å². The summed E-state index contributed by atoms with van der Waals surface area (Å²) in [7, 11) is 0. The van der Waals surface area contributed by atoms with E-state index in [1.54, 1.807) is 0 Å². The minimum atomic E-state index is 1.16. The zero-order chi connectivity index (χ0) is 7.66. The van der Waals surface area contributed by atoms with Crippen molar-refractivity contribution in [1.29, 1.82) is 0 Å². The zero-order valence-corrected chi connectivity index (χ0v) is 10.5. The van der Waals surface area contributed by atoms with Crippen molar-refractivity contribution in [3.63, 3.8) is 0 Å². The summed E-state index contributed by atoms with van der Waals surface area (Å²) in [6, 6.07) is 0. The number of alkyl halides is 2. The number of unbranched alkanes of at least 4 members (excludes halogenated alkanes) is 3. The quantitative estimate of drug-likeness (QED) is 0.290. The van der Waals surface area contributed by atoms with Gasteiger partial charge in [0.15, 0.2) is 0 Å². The molecule has 0 radical (unpaired) electrons. The van der Waals surface area contributed by atoms with Crippen LogP contribution in [0.1, 0.15) is 25.7 Å². The molecule has 0 rings (SSSR count). The van der Waals surface area contributed by atoms with Crippen molar-refractivity contribution in [1.82, 2.24) is 0 Å². The van der Waals surface area contributed by atoms with Gasteiger partial charge in [0.1, 0.15) is 0 Å². The molecule has 0 saturated carbocycles. The fourth-order valence-corrected chi connectivity index (χ4v) is 1.61. The first-order valence-electron chi connectivity index (χ1n) is 3.68. The van der Waals surface area contributed by atoms with Gasteiger partial charge in [-0.1, -0.05) is 63.8 Å². The first-order chi connectivity index (χ1) is 4.91. The van der Waals surface area contributed by atoms with Gasteiger partial charge in [0, 0.05) is 4.43 Å². The predicted molar refractivity (Wildman–Crippen MR) is 65.4 cm³/mol. The van der Waals surface area contributed by atoms with Crippen molar-refractivity contribution in [3.05, 3.63) is 12.2 Å². The van der Waals surface area contributed by atoms with Gasteiger partial charge in [-0.2, -0.15) is 0 Å². The number of hydrogen-bond donors (Lipinski definition) is 0. The third-order valence-corrected chi connectivity index (χ3v) is 2.53. The van der Waals surface area contributed by atoms with Crippen molar-refractivity contribution in [3.8, 4) is 0 Å². The first-order valence-corrected chi connectivity index (χ1v) is 6.74. The number of rotatable bonds is 6. The van der Waals surface area contributed by atoms with E-state index < -0.39 is 0 Å². The smallest absolute Gasteiger partial charge is 0.0175 e. The third-order valence-electron chi connectivity index (χ3n) is 1.26. The number of hydrogen-bond acceptors (Lipinski definition) is 0. The lowest BCUT2D eigenvalue weighted by atomic mass is 10.2. The molecule has 0 aliphatic heterocycles. The van der Waals surface area contributed by atoms with Gasteiger partial charge in [0.2, 0.25) is 0 Å². The molecule has 0 bridgehead atoms. The van der Waals surface area contributed by atoms with Crippen molar-refractivity contribution in [2.24, 2.45) is 0 Å². The van der Waals surface area contributed by atoms with Gasteiger partial charge in [0.25, 0.3) is 0 Å².